The summed E-state index contributed by atoms with van der Waals surface area (Å²) in [6.07, 6.45) is -1.39. The van der Waals surface area contributed by atoms with E-state index in [9.17, 15) is 13.2 Å². The van der Waals surface area contributed by atoms with Crippen molar-refractivity contribution >= 4 is 5.69 Å². The zero-order valence-corrected chi connectivity index (χ0v) is 12.8. The molecule has 0 bridgehead atoms. The van der Waals surface area contributed by atoms with Crippen molar-refractivity contribution < 1.29 is 17.6 Å². The van der Waals surface area contributed by atoms with Crippen molar-refractivity contribution in [1.82, 2.24) is 4.98 Å². The summed E-state index contributed by atoms with van der Waals surface area (Å²) < 4.78 is 43.7. The van der Waals surface area contributed by atoms with Gasteiger partial charge in [0.05, 0.1) is 11.8 Å². The van der Waals surface area contributed by atoms with Crippen LogP contribution in [-0.4, -0.2) is 4.98 Å². The Labute approximate surface area is 137 Å². The Morgan fingerprint density at radius 3 is 2.58 bits per heavy atom. The minimum Gasteiger partial charge on any atom is -0.444 e. The highest BCUT2D eigenvalue weighted by Gasteiger charge is 2.30. The van der Waals surface area contributed by atoms with Gasteiger partial charge in [0.25, 0.3) is 0 Å². The van der Waals surface area contributed by atoms with Gasteiger partial charge in [0.1, 0.15) is 0 Å². The Kier molecular flexibility index (Phi) is 4.29. The maximum Gasteiger partial charge on any atom is 0.416 e. The Morgan fingerprint density at radius 1 is 1.08 bits per heavy atom. The Balaban J connectivity index is 1.80. The van der Waals surface area contributed by atoms with Gasteiger partial charge >= 0.3 is 6.18 Å². The average Bonchev–Trinajstić information content (AvgIpc) is 3.09. The second-order valence-corrected chi connectivity index (χ2v) is 5.44. The van der Waals surface area contributed by atoms with Crippen LogP contribution in [0, 0.1) is 0 Å². The molecule has 0 saturated heterocycles. The van der Waals surface area contributed by atoms with Crippen molar-refractivity contribution in [1.29, 1.82) is 0 Å². The lowest BCUT2D eigenvalue weighted by molar-refractivity contribution is -0.137. The molecule has 0 aliphatic carbocycles. The number of rotatable bonds is 4. The second kappa shape index (κ2) is 6.39. The molecule has 0 radical (unpaired) electrons. The lowest BCUT2D eigenvalue weighted by atomic mass is 10.0. The number of oxazole rings is 1. The van der Waals surface area contributed by atoms with Gasteiger partial charge in [0, 0.05) is 17.3 Å². The third-order valence-corrected chi connectivity index (χ3v) is 3.68. The normalized spacial score (nSPS) is 12.8. The topological polar surface area (TPSA) is 38.1 Å². The van der Waals surface area contributed by atoms with Crippen molar-refractivity contribution in [3.8, 4) is 11.3 Å². The molecule has 3 nitrogen and oxygen atoms in total. The fourth-order valence-corrected chi connectivity index (χ4v) is 2.44. The molecule has 0 saturated carbocycles. The van der Waals surface area contributed by atoms with E-state index in [0.29, 0.717) is 11.3 Å². The fourth-order valence-electron chi connectivity index (χ4n) is 2.44. The SMILES string of the molecule is CC(Nc1cccc(-c2cnco2)c1)c1cccc(C(F)(F)F)c1. The first-order valence-electron chi connectivity index (χ1n) is 7.36. The predicted octanol–water partition coefficient (Wildman–Crippen LogP) is 5.53. The molecule has 24 heavy (non-hydrogen) atoms. The summed E-state index contributed by atoms with van der Waals surface area (Å²) in [6, 6.07) is 12.5. The highest BCUT2D eigenvalue weighted by atomic mass is 19.4. The van der Waals surface area contributed by atoms with Gasteiger partial charge in [0.15, 0.2) is 12.2 Å². The molecular weight excluding hydrogens is 317 g/mol. The molecule has 1 N–H and O–H groups in total. The molecule has 1 heterocycles. The van der Waals surface area contributed by atoms with Gasteiger partial charge in [-0.05, 0) is 36.8 Å². The van der Waals surface area contributed by atoms with Crippen molar-refractivity contribution in [2.45, 2.75) is 19.1 Å². The van der Waals surface area contributed by atoms with Crippen LogP contribution in [-0.2, 0) is 6.18 Å². The predicted molar refractivity (Wildman–Crippen MR) is 85.4 cm³/mol. The molecule has 1 aromatic heterocycles. The first kappa shape index (κ1) is 16.1. The van der Waals surface area contributed by atoms with Gasteiger partial charge in [-0.1, -0.05) is 24.3 Å². The van der Waals surface area contributed by atoms with Gasteiger partial charge in [-0.15, -0.1) is 0 Å². The third-order valence-electron chi connectivity index (χ3n) is 3.68. The van der Waals surface area contributed by atoms with Crippen LogP contribution >= 0.6 is 0 Å². The maximum absolute atomic E-state index is 12.8. The van der Waals surface area contributed by atoms with E-state index in [4.69, 9.17) is 4.42 Å². The number of halogens is 3. The molecule has 3 rings (SSSR count). The maximum atomic E-state index is 12.8. The summed E-state index contributed by atoms with van der Waals surface area (Å²) in [5.41, 5.74) is 1.54. The van der Waals surface area contributed by atoms with E-state index < -0.39 is 11.7 Å². The number of hydrogen-bond acceptors (Lipinski definition) is 3. The Bertz CT molecular complexity index is 813. The van der Waals surface area contributed by atoms with Crippen LogP contribution in [0.1, 0.15) is 24.1 Å². The highest BCUT2D eigenvalue weighted by Crippen LogP contribution is 2.31. The van der Waals surface area contributed by atoms with Crippen LogP contribution in [0.5, 0.6) is 0 Å². The number of benzene rings is 2. The van der Waals surface area contributed by atoms with Gasteiger partial charge < -0.3 is 9.73 Å². The first-order chi connectivity index (χ1) is 11.4. The van der Waals surface area contributed by atoms with E-state index in [1.54, 1.807) is 12.3 Å². The average molecular weight is 332 g/mol. The van der Waals surface area contributed by atoms with Crippen molar-refractivity contribution in [2.24, 2.45) is 0 Å². The van der Waals surface area contributed by atoms with Gasteiger partial charge in [0.2, 0.25) is 0 Å². The Hall–Kier alpha value is -2.76. The number of nitrogens with one attached hydrogen (secondary N) is 1. The van der Waals surface area contributed by atoms with Gasteiger partial charge in [-0.3, -0.25) is 0 Å². The molecule has 2 aromatic carbocycles. The van der Waals surface area contributed by atoms with Crippen molar-refractivity contribution in [3.05, 3.63) is 72.2 Å². The molecule has 1 atom stereocenters. The van der Waals surface area contributed by atoms with Crippen LogP contribution in [0.4, 0.5) is 18.9 Å². The largest absolute Gasteiger partial charge is 0.444 e. The number of hydrogen-bond donors (Lipinski definition) is 1. The van der Waals surface area contributed by atoms with E-state index in [2.05, 4.69) is 10.3 Å². The van der Waals surface area contributed by atoms with Crippen molar-refractivity contribution in [2.75, 3.05) is 5.32 Å². The van der Waals surface area contributed by atoms with Crippen LogP contribution in [0.15, 0.2) is 65.5 Å². The minimum absolute atomic E-state index is 0.280. The zero-order chi connectivity index (χ0) is 17.2. The quantitative estimate of drug-likeness (QED) is 0.682. The number of aromatic nitrogens is 1. The summed E-state index contributed by atoms with van der Waals surface area (Å²) in [7, 11) is 0. The summed E-state index contributed by atoms with van der Waals surface area (Å²) in [5, 5.41) is 3.21. The molecule has 0 fully saturated rings. The standard InChI is InChI=1S/C18H15F3N2O/c1-12(13-4-2-6-15(8-13)18(19,20)21)23-16-7-3-5-14(9-16)17-10-22-11-24-17/h2-12,23H,1H3. The molecule has 124 valence electrons. The summed E-state index contributed by atoms with van der Waals surface area (Å²) in [6.45, 7) is 1.82. The van der Waals surface area contributed by atoms with Crippen LogP contribution in [0.2, 0.25) is 0 Å². The second-order valence-electron chi connectivity index (χ2n) is 5.44. The van der Waals surface area contributed by atoms with Gasteiger partial charge in [-0.25, -0.2) is 4.98 Å². The monoisotopic (exact) mass is 332 g/mol. The molecule has 0 spiro atoms. The van der Waals surface area contributed by atoms with E-state index in [-0.39, 0.29) is 6.04 Å². The van der Waals surface area contributed by atoms with Crippen LogP contribution < -0.4 is 5.32 Å². The van der Waals surface area contributed by atoms with Gasteiger partial charge in [-0.2, -0.15) is 13.2 Å². The van der Waals surface area contributed by atoms with E-state index in [1.807, 2.05) is 31.2 Å². The molecule has 0 amide bonds. The number of nitrogens with zero attached hydrogens (tertiary/aromatic N) is 1. The summed E-state index contributed by atoms with van der Waals surface area (Å²) in [5.74, 6) is 0.630. The Morgan fingerprint density at radius 2 is 1.88 bits per heavy atom. The minimum atomic E-state index is -4.35. The molecule has 0 aliphatic rings. The van der Waals surface area contributed by atoms with Crippen LogP contribution in [0.25, 0.3) is 11.3 Å². The summed E-state index contributed by atoms with van der Waals surface area (Å²) in [4.78, 5) is 3.88. The smallest absolute Gasteiger partial charge is 0.416 e. The first-order valence-corrected chi connectivity index (χ1v) is 7.36. The van der Waals surface area contributed by atoms with E-state index in [0.717, 1.165) is 23.4 Å². The number of anilines is 1. The zero-order valence-electron chi connectivity index (χ0n) is 12.8. The van der Waals surface area contributed by atoms with Crippen LogP contribution in [0.3, 0.4) is 0 Å². The highest BCUT2D eigenvalue weighted by molar-refractivity contribution is 5.63. The molecule has 3 aromatic rings. The fraction of sp³-hybridized carbons (Fsp3) is 0.167. The lowest BCUT2D eigenvalue weighted by Crippen LogP contribution is -2.10. The third kappa shape index (κ3) is 3.59. The van der Waals surface area contributed by atoms with E-state index in [1.165, 1.54) is 12.5 Å². The lowest BCUT2D eigenvalue weighted by Gasteiger charge is -2.17. The molecular formula is C18H15F3N2O. The van der Waals surface area contributed by atoms with E-state index >= 15 is 0 Å². The molecule has 1 unspecified atom stereocenters. The summed E-state index contributed by atoms with van der Waals surface area (Å²) >= 11 is 0. The molecule has 6 heteroatoms. The van der Waals surface area contributed by atoms with Crippen molar-refractivity contribution in [3.63, 3.8) is 0 Å². The number of alkyl halides is 3. The molecule has 0 aliphatic heterocycles.